The molecule has 0 amide bonds. The fraction of sp³-hybridized carbons (Fsp3) is 0.433. The largest absolute Gasteiger partial charge is 0.478 e. The van der Waals surface area contributed by atoms with Gasteiger partial charge >= 0.3 is 5.97 Å². The first-order chi connectivity index (χ1) is 15.0. The van der Waals surface area contributed by atoms with Gasteiger partial charge in [0.2, 0.25) is 0 Å². The molecule has 2 nitrogen and oxygen atoms in total. The van der Waals surface area contributed by atoms with Crippen LogP contribution in [0, 0.1) is 6.92 Å². The van der Waals surface area contributed by atoms with Crippen LogP contribution in [0.3, 0.4) is 0 Å². The molecule has 4 rings (SSSR count). The Hall–Kier alpha value is -2.61. The molecule has 1 N–H and O–H groups in total. The van der Waals surface area contributed by atoms with Crippen LogP contribution in [0.25, 0.3) is 11.1 Å². The van der Waals surface area contributed by atoms with Crippen LogP contribution in [0.4, 0.5) is 0 Å². The molecular formula is C30H36O2. The van der Waals surface area contributed by atoms with E-state index in [1.807, 2.05) is 19.1 Å². The van der Waals surface area contributed by atoms with E-state index in [4.69, 9.17) is 5.11 Å². The van der Waals surface area contributed by atoms with Crippen LogP contribution in [0.2, 0.25) is 0 Å². The first-order valence-electron chi connectivity index (χ1n) is 11.9. The third kappa shape index (κ3) is 4.20. The third-order valence-electron chi connectivity index (χ3n) is 7.80. The third-order valence-corrected chi connectivity index (χ3v) is 7.80. The number of carbonyl (C=O) groups is 1. The predicted molar refractivity (Wildman–Crippen MR) is 134 cm³/mol. The van der Waals surface area contributed by atoms with Crippen molar-refractivity contribution in [2.75, 3.05) is 0 Å². The number of carboxylic acid groups (broad SMARTS) is 1. The fourth-order valence-corrected chi connectivity index (χ4v) is 5.54. The Balaban J connectivity index is 1.65. The normalized spacial score (nSPS) is 21.8. The van der Waals surface area contributed by atoms with E-state index < -0.39 is 5.97 Å². The summed E-state index contributed by atoms with van der Waals surface area (Å²) in [5.74, 6) is -0.482. The van der Waals surface area contributed by atoms with Crippen molar-refractivity contribution in [2.45, 2.75) is 84.0 Å². The van der Waals surface area contributed by atoms with Gasteiger partial charge in [-0.2, -0.15) is 0 Å². The van der Waals surface area contributed by atoms with Crippen LogP contribution in [-0.2, 0) is 15.6 Å². The topological polar surface area (TPSA) is 37.3 Å². The molecule has 2 aliphatic rings. The Labute approximate surface area is 193 Å². The maximum Gasteiger partial charge on any atom is 0.328 e. The van der Waals surface area contributed by atoms with Gasteiger partial charge in [0.1, 0.15) is 0 Å². The second kappa shape index (κ2) is 8.06. The SMILES string of the molecule is CC(=CC(=O)O)c1ccc(C2C=C(c3cc4c(cc3C)C(C)(C)CCC4(C)C)CC2)cc1. The van der Waals surface area contributed by atoms with E-state index in [9.17, 15) is 4.79 Å². The number of hydrogen-bond donors (Lipinski definition) is 1. The monoisotopic (exact) mass is 428 g/mol. The number of aryl methyl sites for hydroxylation is 1. The Bertz CT molecular complexity index is 1110. The van der Waals surface area contributed by atoms with E-state index in [-0.39, 0.29) is 10.8 Å². The highest BCUT2D eigenvalue weighted by atomic mass is 16.4. The first kappa shape index (κ1) is 22.6. The van der Waals surface area contributed by atoms with Crippen LogP contribution >= 0.6 is 0 Å². The maximum atomic E-state index is 10.9. The van der Waals surface area contributed by atoms with Crippen LogP contribution < -0.4 is 0 Å². The van der Waals surface area contributed by atoms with Crippen LogP contribution in [0.1, 0.15) is 99.6 Å². The van der Waals surface area contributed by atoms with E-state index in [1.165, 1.54) is 52.3 Å². The number of carboxylic acids is 1. The van der Waals surface area contributed by atoms with Gasteiger partial charge in [0.25, 0.3) is 0 Å². The predicted octanol–water partition coefficient (Wildman–Crippen LogP) is 7.79. The molecule has 1 unspecified atom stereocenters. The summed E-state index contributed by atoms with van der Waals surface area (Å²) in [6.07, 6.45) is 8.44. The van der Waals surface area contributed by atoms with Crippen molar-refractivity contribution in [1.29, 1.82) is 0 Å². The van der Waals surface area contributed by atoms with Crippen LogP contribution in [-0.4, -0.2) is 11.1 Å². The van der Waals surface area contributed by atoms with Gasteiger partial charge in [0.15, 0.2) is 0 Å². The molecular weight excluding hydrogens is 392 g/mol. The molecule has 0 aliphatic heterocycles. The number of fused-ring (bicyclic) bond motifs is 1. The van der Waals surface area contributed by atoms with Gasteiger partial charge in [-0.3, -0.25) is 0 Å². The summed E-state index contributed by atoms with van der Waals surface area (Å²) in [7, 11) is 0. The Morgan fingerprint density at radius 2 is 1.59 bits per heavy atom. The lowest BCUT2D eigenvalue weighted by atomic mass is 9.62. The van der Waals surface area contributed by atoms with E-state index in [0.29, 0.717) is 5.92 Å². The van der Waals surface area contributed by atoms with Crippen LogP contribution in [0.5, 0.6) is 0 Å². The van der Waals surface area contributed by atoms with Crippen molar-refractivity contribution in [2.24, 2.45) is 0 Å². The van der Waals surface area contributed by atoms with Crippen molar-refractivity contribution < 1.29 is 9.90 Å². The highest BCUT2D eigenvalue weighted by Crippen LogP contribution is 2.48. The second-order valence-electron chi connectivity index (χ2n) is 11.1. The van der Waals surface area contributed by atoms with Gasteiger partial charge in [0, 0.05) is 12.0 Å². The first-order valence-corrected chi connectivity index (χ1v) is 11.9. The van der Waals surface area contributed by atoms with Crippen LogP contribution in [0.15, 0.2) is 48.6 Å². The molecule has 168 valence electrons. The Morgan fingerprint density at radius 3 is 2.19 bits per heavy atom. The molecule has 0 spiro atoms. The number of hydrogen-bond acceptors (Lipinski definition) is 1. The molecule has 0 fully saturated rings. The van der Waals surface area contributed by atoms with Crippen molar-refractivity contribution >= 4 is 17.1 Å². The Morgan fingerprint density at radius 1 is 1.00 bits per heavy atom. The van der Waals surface area contributed by atoms with Gasteiger partial charge in [-0.05, 0) is 94.9 Å². The standard InChI is InChI=1S/C30H36O2/c1-19(16-28(31)32)21-7-9-22(10-8-21)23-11-12-24(17-23)25-18-27-26(15-20(25)2)29(3,4)13-14-30(27,5)6/h7-10,15-18,23H,11-14H2,1-6H3,(H,31,32). The molecule has 0 heterocycles. The van der Waals surface area contributed by atoms with E-state index in [2.05, 4.69) is 65.0 Å². The van der Waals surface area contributed by atoms with Crippen molar-refractivity contribution in [3.8, 4) is 0 Å². The maximum absolute atomic E-state index is 10.9. The van der Waals surface area contributed by atoms with Crippen molar-refractivity contribution in [3.63, 3.8) is 0 Å². The van der Waals surface area contributed by atoms with Gasteiger partial charge < -0.3 is 5.11 Å². The molecule has 1 atom stereocenters. The lowest BCUT2D eigenvalue weighted by Crippen LogP contribution is -2.34. The molecule has 2 aromatic rings. The summed E-state index contributed by atoms with van der Waals surface area (Å²) in [4.78, 5) is 10.9. The summed E-state index contributed by atoms with van der Waals surface area (Å²) >= 11 is 0. The second-order valence-corrected chi connectivity index (χ2v) is 11.1. The van der Waals surface area contributed by atoms with Gasteiger partial charge in [-0.15, -0.1) is 0 Å². The van der Waals surface area contributed by atoms with E-state index in [0.717, 1.165) is 24.0 Å². The number of aliphatic carboxylic acids is 1. The number of benzene rings is 2. The molecule has 0 radical (unpaired) electrons. The summed E-state index contributed by atoms with van der Waals surface area (Å²) in [6, 6.07) is 13.4. The van der Waals surface area contributed by atoms with Crippen molar-refractivity contribution in [3.05, 3.63) is 81.9 Å². The molecule has 32 heavy (non-hydrogen) atoms. The van der Waals surface area contributed by atoms with E-state index >= 15 is 0 Å². The quantitative estimate of drug-likeness (QED) is 0.505. The number of allylic oxidation sites excluding steroid dienone is 3. The summed E-state index contributed by atoms with van der Waals surface area (Å²) in [5, 5.41) is 8.98. The van der Waals surface area contributed by atoms with Crippen molar-refractivity contribution in [1.82, 2.24) is 0 Å². The van der Waals surface area contributed by atoms with E-state index in [1.54, 1.807) is 0 Å². The lowest BCUT2D eigenvalue weighted by molar-refractivity contribution is -0.131. The molecule has 2 aliphatic carbocycles. The lowest BCUT2D eigenvalue weighted by Gasteiger charge is -2.42. The molecule has 0 saturated heterocycles. The highest BCUT2D eigenvalue weighted by Gasteiger charge is 2.37. The molecule has 0 aromatic heterocycles. The number of rotatable bonds is 4. The van der Waals surface area contributed by atoms with Gasteiger partial charge in [-0.25, -0.2) is 4.79 Å². The summed E-state index contributed by atoms with van der Waals surface area (Å²) in [6.45, 7) is 13.7. The minimum atomic E-state index is -0.901. The minimum Gasteiger partial charge on any atom is -0.478 e. The zero-order valence-corrected chi connectivity index (χ0v) is 20.4. The smallest absolute Gasteiger partial charge is 0.328 e. The summed E-state index contributed by atoms with van der Waals surface area (Å²) in [5.41, 5.74) is 10.9. The van der Waals surface area contributed by atoms with Gasteiger partial charge in [0.05, 0.1) is 0 Å². The zero-order chi connectivity index (χ0) is 23.3. The fourth-order valence-electron chi connectivity index (χ4n) is 5.54. The van der Waals surface area contributed by atoms with Gasteiger partial charge in [-0.1, -0.05) is 70.2 Å². The average molecular weight is 429 g/mol. The molecule has 0 bridgehead atoms. The molecule has 2 aromatic carbocycles. The zero-order valence-electron chi connectivity index (χ0n) is 20.4. The summed E-state index contributed by atoms with van der Waals surface area (Å²) < 4.78 is 0. The Kier molecular flexibility index (Phi) is 5.69. The minimum absolute atomic E-state index is 0.225. The highest BCUT2D eigenvalue weighted by molar-refractivity contribution is 5.89. The molecule has 0 saturated carbocycles. The average Bonchev–Trinajstić information content (AvgIpc) is 3.21. The molecule has 2 heteroatoms.